The molecule has 0 spiro atoms. The lowest BCUT2D eigenvalue weighted by molar-refractivity contribution is -0.155. The van der Waals surface area contributed by atoms with E-state index in [-0.39, 0.29) is 17.9 Å². The van der Waals surface area contributed by atoms with E-state index in [0.717, 1.165) is 12.0 Å². The number of amides is 1. The maximum atomic E-state index is 11.7. The van der Waals surface area contributed by atoms with E-state index in [9.17, 15) is 9.59 Å². The Bertz CT molecular complexity index is 506. The topological polar surface area (TPSA) is 67.9 Å². The number of methoxy groups -OCH3 is 1. The van der Waals surface area contributed by atoms with Gasteiger partial charge in [-0.2, -0.15) is 5.48 Å². The molecule has 1 heterocycles. The van der Waals surface area contributed by atoms with Crippen LogP contribution in [-0.2, 0) is 25.8 Å². The normalized spacial score (nSPS) is 21.5. The van der Waals surface area contributed by atoms with E-state index in [1.807, 2.05) is 30.3 Å². The van der Waals surface area contributed by atoms with Gasteiger partial charge in [-0.15, -0.1) is 0 Å². The molecule has 1 N–H and O–H groups in total. The molecule has 0 unspecified atom stereocenters. The number of rotatable bonds is 5. The number of piperidine rings is 1. The van der Waals surface area contributed by atoms with Crippen LogP contribution in [0.15, 0.2) is 30.3 Å². The average Bonchev–Trinajstić information content (AvgIpc) is 2.55. The molecule has 1 saturated heterocycles. The van der Waals surface area contributed by atoms with Crippen LogP contribution in [-0.4, -0.2) is 42.5 Å². The number of nitrogens with zero attached hydrogens (tertiary/aromatic N) is 1. The van der Waals surface area contributed by atoms with Crippen molar-refractivity contribution in [2.75, 3.05) is 13.7 Å². The van der Waals surface area contributed by atoms with Crippen molar-refractivity contribution in [2.24, 2.45) is 0 Å². The van der Waals surface area contributed by atoms with E-state index in [1.165, 1.54) is 14.0 Å². The van der Waals surface area contributed by atoms with Gasteiger partial charge in [0.15, 0.2) is 0 Å². The van der Waals surface area contributed by atoms with E-state index < -0.39 is 6.04 Å². The summed E-state index contributed by atoms with van der Waals surface area (Å²) in [5, 5.41) is 0. The zero-order valence-electron chi connectivity index (χ0n) is 13.0. The number of ether oxygens (including phenoxy) is 1. The predicted octanol–water partition coefficient (Wildman–Crippen LogP) is 1.26. The summed E-state index contributed by atoms with van der Waals surface area (Å²) in [6.07, 6.45) is 1.32. The first kappa shape index (κ1) is 16.5. The summed E-state index contributed by atoms with van der Waals surface area (Å²) in [5.74, 6) is -0.496. The van der Waals surface area contributed by atoms with Gasteiger partial charge in [-0.05, 0) is 18.4 Å². The molecule has 0 aromatic heterocycles. The molecule has 2 rings (SSSR count). The van der Waals surface area contributed by atoms with E-state index in [0.29, 0.717) is 19.6 Å². The third-order valence-electron chi connectivity index (χ3n) is 3.79. The van der Waals surface area contributed by atoms with Gasteiger partial charge in [0, 0.05) is 19.5 Å². The van der Waals surface area contributed by atoms with Crippen LogP contribution in [0.5, 0.6) is 0 Å². The Morgan fingerprint density at radius 2 is 2.00 bits per heavy atom. The van der Waals surface area contributed by atoms with E-state index in [4.69, 9.17) is 9.57 Å². The Labute approximate surface area is 130 Å². The molecule has 1 aliphatic rings. The van der Waals surface area contributed by atoms with E-state index in [1.54, 1.807) is 4.90 Å². The fourth-order valence-electron chi connectivity index (χ4n) is 2.61. The van der Waals surface area contributed by atoms with Crippen molar-refractivity contribution in [3.8, 4) is 0 Å². The van der Waals surface area contributed by atoms with Crippen molar-refractivity contribution in [2.45, 2.75) is 38.5 Å². The molecule has 0 radical (unpaired) electrons. The Kier molecular flexibility index (Phi) is 5.91. The zero-order valence-corrected chi connectivity index (χ0v) is 13.0. The number of hydroxylamine groups is 1. The quantitative estimate of drug-likeness (QED) is 0.655. The molecular formula is C16H22N2O4. The summed E-state index contributed by atoms with van der Waals surface area (Å²) in [7, 11) is 1.34. The predicted molar refractivity (Wildman–Crippen MR) is 80.6 cm³/mol. The molecule has 120 valence electrons. The van der Waals surface area contributed by atoms with Gasteiger partial charge < -0.3 is 9.64 Å². The van der Waals surface area contributed by atoms with Gasteiger partial charge in [-0.25, -0.2) is 4.79 Å². The SMILES string of the molecule is COC(=O)[C@@H]1CC[C@@H](NOCc2ccccc2)CN1C(C)=O. The van der Waals surface area contributed by atoms with Gasteiger partial charge in [0.05, 0.1) is 13.7 Å². The summed E-state index contributed by atoms with van der Waals surface area (Å²) in [6.45, 7) is 2.35. The third kappa shape index (κ3) is 4.29. The van der Waals surface area contributed by atoms with Crippen LogP contribution in [0, 0.1) is 0 Å². The number of benzene rings is 1. The average molecular weight is 306 g/mol. The van der Waals surface area contributed by atoms with Crippen LogP contribution in [0.2, 0.25) is 0 Å². The minimum atomic E-state index is -0.491. The molecule has 1 aromatic carbocycles. The largest absolute Gasteiger partial charge is 0.467 e. The van der Waals surface area contributed by atoms with Crippen LogP contribution in [0.25, 0.3) is 0 Å². The molecule has 1 amide bonds. The fourth-order valence-corrected chi connectivity index (χ4v) is 2.61. The first-order chi connectivity index (χ1) is 10.6. The van der Waals surface area contributed by atoms with Crippen LogP contribution < -0.4 is 5.48 Å². The molecule has 2 atom stereocenters. The minimum absolute atomic E-state index is 0.00789. The van der Waals surface area contributed by atoms with Crippen molar-refractivity contribution in [3.05, 3.63) is 35.9 Å². The second-order valence-electron chi connectivity index (χ2n) is 5.38. The van der Waals surface area contributed by atoms with Crippen molar-refractivity contribution in [1.29, 1.82) is 0 Å². The second-order valence-corrected chi connectivity index (χ2v) is 5.38. The first-order valence-corrected chi connectivity index (χ1v) is 7.38. The Morgan fingerprint density at radius 1 is 1.27 bits per heavy atom. The summed E-state index contributed by atoms with van der Waals surface area (Å²) in [5.41, 5.74) is 4.06. The molecule has 0 aliphatic carbocycles. The van der Waals surface area contributed by atoms with Gasteiger partial charge in [0.25, 0.3) is 0 Å². The highest BCUT2D eigenvalue weighted by Crippen LogP contribution is 2.19. The van der Waals surface area contributed by atoms with Gasteiger partial charge in [-0.3, -0.25) is 9.63 Å². The van der Waals surface area contributed by atoms with Crippen molar-refractivity contribution in [3.63, 3.8) is 0 Å². The lowest BCUT2D eigenvalue weighted by atomic mass is 9.98. The number of nitrogens with one attached hydrogen (secondary N) is 1. The van der Waals surface area contributed by atoms with Gasteiger partial charge in [0.1, 0.15) is 6.04 Å². The van der Waals surface area contributed by atoms with Gasteiger partial charge in [0.2, 0.25) is 5.91 Å². The highest BCUT2D eigenvalue weighted by atomic mass is 16.6. The smallest absolute Gasteiger partial charge is 0.328 e. The van der Waals surface area contributed by atoms with Crippen LogP contribution >= 0.6 is 0 Å². The second kappa shape index (κ2) is 7.91. The number of carbonyl (C=O) groups is 2. The first-order valence-electron chi connectivity index (χ1n) is 7.38. The number of esters is 1. The number of hydrogen-bond acceptors (Lipinski definition) is 5. The standard InChI is InChI=1S/C16H22N2O4/c1-12(19)18-10-14(8-9-15(18)16(20)21-2)17-22-11-13-6-4-3-5-7-13/h3-7,14-15,17H,8-11H2,1-2H3/t14-,15+/m1/s1. The molecule has 1 aliphatic heterocycles. The molecule has 6 nitrogen and oxygen atoms in total. The molecular weight excluding hydrogens is 284 g/mol. The molecule has 6 heteroatoms. The van der Waals surface area contributed by atoms with Crippen LogP contribution in [0.4, 0.5) is 0 Å². The third-order valence-corrected chi connectivity index (χ3v) is 3.79. The Hall–Kier alpha value is -1.92. The number of carbonyl (C=O) groups excluding carboxylic acids is 2. The van der Waals surface area contributed by atoms with Crippen LogP contribution in [0.1, 0.15) is 25.3 Å². The Balaban J connectivity index is 1.84. The van der Waals surface area contributed by atoms with Crippen molar-refractivity contribution >= 4 is 11.9 Å². The highest BCUT2D eigenvalue weighted by Gasteiger charge is 2.35. The number of hydrogen-bond donors (Lipinski definition) is 1. The summed E-state index contributed by atoms with van der Waals surface area (Å²) in [6, 6.07) is 9.35. The van der Waals surface area contributed by atoms with Gasteiger partial charge in [-0.1, -0.05) is 30.3 Å². The Morgan fingerprint density at radius 3 is 2.64 bits per heavy atom. The molecule has 0 bridgehead atoms. The van der Waals surface area contributed by atoms with Gasteiger partial charge >= 0.3 is 5.97 Å². The summed E-state index contributed by atoms with van der Waals surface area (Å²) >= 11 is 0. The molecule has 22 heavy (non-hydrogen) atoms. The zero-order chi connectivity index (χ0) is 15.9. The van der Waals surface area contributed by atoms with Crippen molar-refractivity contribution in [1.82, 2.24) is 10.4 Å². The maximum Gasteiger partial charge on any atom is 0.328 e. The highest BCUT2D eigenvalue weighted by molar-refractivity contribution is 5.83. The lowest BCUT2D eigenvalue weighted by Gasteiger charge is -2.37. The summed E-state index contributed by atoms with van der Waals surface area (Å²) < 4.78 is 4.76. The number of likely N-dealkylation sites (tertiary alicyclic amines) is 1. The van der Waals surface area contributed by atoms with Crippen LogP contribution in [0.3, 0.4) is 0 Å². The fraction of sp³-hybridized carbons (Fsp3) is 0.500. The van der Waals surface area contributed by atoms with E-state index >= 15 is 0 Å². The molecule has 1 fully saturated rings. The maximum absolute atomic E-state index is 11.7. The minimum Gasteiger partial charge on any atom is -0.467 e. The molecule has 0 saturated carbocycles. The lowest BCUT2D eigenvalue weighted by Crippen LogP contribution is -2.55. The van der Waals surface area contributed by atoms with Crippen molar-refractivity contribution < 1.29 is 19.2 Å². The summed E-state index contributed by atoms with van der Waals surface area (Å²) in [4.78, 5) is 30.5. The van der Waals surface area contributed by atoms with E-state index in [2.05, 4.69) is 5.48 Å². The monoisotopic (exact) mass is 306 g/mol. The molecule has 1 aromatic rings.